The van der Waals surface area contributed by atoms with E-state index in [4.69, 9.17) is 5.11 Å². The van der Waals surface area contributed by atoms with Gasteiger partial charge in [0.05, 0.1) is 11.3 Å². The van der Waals surface area contributed by atoms with Crippen LogP contribution in [0.4, 0.5) is 4.39 Å². The molecule has 0 spiro atoms. The standard InChI is InChI=1S/C10H9FN2O2/c1-5-8-6(10(14)15)3-4-7(11)9(8)13(2)12-5/h3-4H,1-2H3,(H,14,15). The molecule has 0 bridgehead atoms. The van der Waals surface area contributed by atoms with E-state index >= 15 is 0 Å². The average Bonchev–Trinajstić information content (AvgIpc) is 2.43. The Bertz CT molecular complexity index is 560. The molecule has 0 aliphatic carbocycles. The quantitative estimate of drug-likeness (QED) is 0.776. The molecule has 0 saturated heterocycles. The normalized spacial score (nSPS) is 10.9. The maximum absolute atomic E-state index is 13.5. The molecule has 2 aromatic rings. The Balaban J connectivity index is 2.98. The summed E-state index contributed by atoms with van der Waals surface area (Å²) in [4.78, 5) is 10.9. The maximum atomic E-state index is 13.5. The fraction of sp³-hybridized carbons (Fsp3) is 0.200. The first-order valence-electron chi connectivity index (χ1n) is 4.37. The SMILES string of the molecule is Cc1nn(C)c2c(F)ccc(C(=O)O)c12. The van der Waals surface area contributed by atoms with Gasteiger partial charge in [-0.3, -0.25) is 4.68 Å². The lowest BCUT2D eigenvalue weighted by atomic mass is 10.1. The minimum absolute atomic E-state index is 0.0806. The van der Waals surface area contributed by atoms with Crippen LogP contribution in [0.5, 0.6) is 0 Å². The molecule has 15 heavy (non-hydrogen) atoms. The van der Waals surface area contributed by atoms with Crippen LogP contribution in [0.3, 0.4) is 0 Å². The van der Waals surface area contributed by atoms with E-state index in [1.807, 2.05) is 0 Å². The second kappa shape index (κ2) is 3.05. The van der Waals surface area contributed by atoms with Gasteiger partial charge in [-0.1, -0.05) is 0 Å². The third kappa shape index (κ3) is 1.27. The molecule has 1 aromatic carbocycles. The van der Waals surface area contributed by atoms with Gasteiger partial charge in [-0.2, -0.15) is 5.10 Å². The molecule has 0 saturated carbocycles. The topological polar surface area (TPSA) is 55.1 Å². The molecule has 0 aliphatic heterocycles. The number of aryl methyl sites for hydroxylation is 2. The minimum atomic E-state index is -1.07. The molecule has 2 rings (SSSR count). The van der Waals surface area contributed by atoms with Crippen LogP contribution in [-0.2, 0) is 7.05 Å². The number of aromatic nitrogens is 2. The van der Waals surface area contributed by atoms with E-state index < -0.39 is 11.8 Å². The highest BCUT2D eigenvalue weighted by atomic mass is 19.1. The van der Waals surface area contributed by atoms with Gasteiger partial charge >= 0.3 is 5.97 Å². The molecular formula is C10H9FN2O2. The fourth-order valence-corrected chi connectivity index (χ4v) is 1.75. The van der Waals surface area contributed by atoms with Crippen molar-refractivity contribution in [1.29, 1.82) is 0 Å². The van der Waals surface area contributed by atoms with Crippen molar-refractivity contribution in [2.24, 2.45) is 7.05 Å². The third-order valence-corrected chi connectivity index (χ3v) is 2.34. The first-order chi connectivity index (χ1) is 7.02. The Labute approximate surface area is 84.9 Å². The predicted octanol–water partition coefficient (Wildman–Crippen LogP) is 1.72. The predicted molar refractivity (Wildman–Crippen MR) is 52.4 cm³/mol. The largest absolute Gasteiger partial charge is 0.478 e. The molecular weight excluding hydrogens is 199 g/mol. The summed E-state index contributed by atoms with van der Waals surface area (Å²) < 4.78 is 14.8. The molecule has 4 nitrogen and oxygen atoms in total. The number of hydrogen-bond acceptors (Lipinski definition) is 2. The Kier molecular flexibility index (Phi) is 1.96. The summed E-state index contributed by atoms with van der Waals surface area (Å²) in [5.41, 5.74) is 0.828. The smallest absolute Gasteiger partial charge is 0.336 e. The van der Waals surface area contributed by atoms with Crippen molar-refractivity contribution >= 4 is 16.9 Å². The summed E-state index contributed by atoms with van der Waals surface area (Å²) in [5, 5.41) is 13.3. The molecule has 1 N–H and O–H groups in total. The van der Waals surface area contributed by atoms with Crippen LogP contribution < -0.4 is 0 Å². The van der Waals surface area contributed by atoms with E-state index in [1.54, 1.807) is 14.0 Å². The number of nitrogens with zero attached hydrogens (tertiary/aromatic N) is 2. The summed E-state index contributed by atoms with van der Waals surface area (Å²) in [6.07, 6.45) is 0. The van der Waals surface area contributed by atoms with Gasteiger partial charge < -0.3 is 5.11 Å². The molecule has 0 radical (unpaired) electrons. The van der Waals surface area contributed by atoms with Crippen LogP contribution in [0.2, 0.25) is 0 Å². The minimum Gasteiger partial charge on any atom is -0.478 e. The number of fused-ring (bicyclic) bond motifs is 1. The number of halogens is 1. The second-order valence-electron chi connectivity index (χ2n) is 3.33. The van der Waals surface area contributed by atoms with Gasteiger partial charge in [-0.05, 0) is 19.1 Å². The van der Waals surface area contributed by atoms with Gasteiger partial charge in [0.2, 0.25) is 0 Å². The highest BCUT2D eigenvalue weighted by molar-refractivity contribution is 6.03. The summed E-state index contributed by atoms with van der Waals surface area (Å²) >= 11 is 0. The monoisotopic (exact) mass is 208 g/mol. The van der Waals surface area contributed by atoms with Crippen molar-refractivity contribution in [2.75, 3.05) is 0 Å². The van der Waals surface area contributed by atoms with E-state index in [-0.39, 0.29) is 11.1 Å². The summed E-state index contributed by atoms with van der Waals surface area (Å²) in [6, 6.07) is 2.40. The fourth-order valence-electron chi connectivity index (χ4n) is 1.75. The van der Waals surface area contributed by atoms with E-state index in [1.165, 1.54) is 10.7 Å². The van der Waals surface area contributed by atoms with Crippen molar-refractivity contribution < 1.29 is 14.3 Å². The summed E-state index contributed by atoms with van der Waals surface area (Å²) in [5.74, 6) is -1.53. The Morgan fingerprint density at radius 1 is 1.53 bits per heavy atom. The van der Waals surface area contributed by atoms with Crippen LogP contribution in [0.1, 0.15) is 16.1 Å². The first kappa shape index (κ1) is 9.64. The summed E-state index contributed by atoms with van der Waals surface area (Å²) in [7, 11) is 1.59. The van der Waals surface area contributed by atoms with Gasteiger partial charge in [0.1, 0.15) is 11.3 Å². The molecule has 5 heteroatoms. The van der Waals surface area contributed by atoms with E-state index in [9.17, 15) is 9.18 Å². The molecule has 0 aliphatic rings. The number of hydrogen-bond donors (Lipinski definition) is 1. The second-order valence-corrected chi connectivity index (χ2v) is 3.33. The number of carboxylic acids is 1. The van der Waals surface area contributed by atoms with E-state index in [2.05, 4.69) is 5.10 Å². The number of carbonyl (C=O) groups is 1. The Hall–Kier alpha value is -1.91. The van der Waals surface area contributed by atoms with Crippen LogP contribution in [0.15, 0.2) is 12.1 Å². The molecule has 0 unspecified atom stereocenters. The molecule has 0 amide bonds. The van der Waals surface area contributed by atoms with Crippen molar-refractivity contribution in [1.82, 2.24) is 9.78 Å². The summed E-state index contributed by atoms with van der Waals surface area (Å²) in [6.45, 7) is 1.66. The first-order valence-corrected chi connectivity index (χ1v) is 4.37. The molecule has 1 heterocycles. The van der Waals surface area contributed by atoms with Crippen LogP contribution in [0, 0.1) is 12.7 Å². The van der Waals surface area contributed by atoms with Crippen molar-refractivity contribution in [3.05, 3.63) is 29.2 Å². The zero-order chi connectivity index (χ0) is 11.2. The van der Waals surface area contributed by atoms with Gasteiger partial charge in [-0.15, -0.1) is 0 Å². The van der Waals surface area contributed by atoms with E-state index in [0.717, 1.165) is 6.07 Å². The number of carboxylic acid groups (broad SMARTS) is 1. The van der Waals surface area contributed by atoms with Gasteiger partial charge in [0, 0.05) is 12.4 Å². The average molecular weight is 208 g/mol. The zero-order valence-corrected chi connectivity index (χ0v) is 8.28. The van der Waals surface area contributed by atoms with Crippen LogP contribution in [0.25, 0.3) is 10.9 Å². The highest BCUT2D eigenvalue weighted by Crippen LogP contribution is 2.24. The zero-order valence-electron chi connectivity index (χ0n) is 8.28. The van der Waals surface area contributed by atoms with Crippen molar-refractivity contribution in [3.63, 3.8) is 0 Å². The lowest BCUT2D eigenvalue weighted by Crippen LogP contribution is -1.99. The third-order valence-electron chi connectivity index (χ3n) is 2.34. The van der Waals surface area contributed by atoms with Gasteiger partial charge in [0.25, 0.3) is 0 Å². The van der Waals surface area contributed by atoms with Gasteiger partial charge in [-0.25, -0.2) is 9.18 Å². The molecule has 78 valence electrons. The number of benzene rings is 1. The van der Waals surface area contributed by atoms with Gasteiger partial charge in [0.15, 0.2) is 0 Å². The van der Waals surface area contributed by atoms with Crippen LogP contribution in [-0.4, -0.2) is 20.9 Å². The highest BCUT2D eigenvalue weighted by Gasteiger charge is 2.17. The molecule has 1 aromatic heterocycles. The van der Waals surface area contributed by atoms with E-state index in [0.29, 0.717) is 11.1 Å². The lowest BCUT2D eigenvalue weighted by molar-refractivity contribution is 0.0699. The Morgan fingerprint density at radius 3 is 2.80 bits per heavy atom. The maximum Gasteiger partial charge on any atom is 0.336 e. The number of aromatic carboxylic acids is 1. The van der Waals surface area contributed by atoms with Crippen molar-refractivity contribution in [2.45, 2.75) is 6.92 Å². The number of rotatable bonds is 1. The van der Waals surface area contributed by atoms with Crippen molar-refractivity contribution in [3.8, 4) is 0 Å². The lowest BCUT2D eigenvalue weighted by Gasteiger charge is -2.00. The molecule has 0 fully saturated rings. The van der Waals surface area contributed by atoms with Crippen LogP contribution >= 0.6 is 0 Å². The molecule has 0 atom stereocenters. The Morgan fingerprint density at radius 2 is 2.20 bits per heavy atom.